The van der Waals surface area contributed by atoms with Crippen LogP contribution in [0.1, 0.15) is 12.1 Å². The average molecular weight is 304 g/mol. The van der Waals surface area contributed by atoms with Gasteiger partial charge in [-0.2, -0.15) is 17.8 Å². The van der Waals surface area contributed by atoms with Gasteiger partial charge in [0.2, 0.25) is 0 Å². The summed E-state index contributed by atoms with van der Waals surface area (Å²) in [6.45, 7) is 0.327. The van der Waals surface area contributed by atoms with Crippen LogP contribution in [0.2, 0.25) is 0 Å². The van der Waals surface area contributed by atoms with Crippen LogP contribution < -0.4 is 4.72 Å². The molecule has 0 aliphatic heterocycles. The lowest BCUT2D eigenvalue weighted by molar-refractivity contribution is -0.140. The molecule has 0 unspecified atom stereocenters. The Bertz CT molecular complexity index is 540. The summed E-state index contributed by atoms with van der Waals surface area (Å²) in [7, 11) is 0.888. The van der Waals surface area contributed by atoms with Gasteiger partial charge in [-0.3, -0.25) is 9.48 Å². The molecule has 1 rings (SSSR count). The minimum atomic E-state index is -3.59. The number of rotatable bonds is 8. The van der Waals surface area contributed by atoms with Crippen LogP contribution in [0.5, 0.6) is 0 Å². The van der Waals surface area contributed by atoms with Crippen LogP contribution in [-0.4, -0.2) is 55.7 Å². The smallest absolute Gasteiger partial charge is 0.306 e. The van der Waals surface area contributed by atoms with E-state index in [9.17, 15) is 13.2 Å². The molecule has 20 heavy (non-hydrogen) atoms. The number of carbonyl (C=O) groups is 1. The number of carbonyl (C=O) groups excluding carboxylic acids is 1. The molecular weight excluding hydrogens is 284 g/mol. The van der Waals surface area contributed by atoms with Gasteiger partial charge in [-0.05, 0) is 6.07 Å². The van der Waals surface area contributed by atoms with E-state index in [2.05, 4.69) is 14.6 Å². The summed E-state index contributed by atoms with van der Waals surface area (Å²) in [6.07, 6.45) is 2.32. The number of nitrogens with zero attached hydrogens (tertiary/aromatic N) is 3. The van der Waals surface area contributed by atoms with Crippen molar-refractivity contribution in [3.63, 3.8) is 0 Å². The van der Waals surface area contributed by atoms with Gasteiger partial charge in [-0.25, -0.2) is 4.72 Å². The highest BCUT2D eigenvalue weighted by molar-refractivity contribution is 7.87. The van der Waals surface area contributed by atoms with Gasteiger partial charge >= 0.3 is 5.97 Å². The van der Waals surface area contributed by atoms with Gasteiger partial charge in [-0.1, -0.05) is 0 Å². The van der Waals surface area contributed by atoms with Crippen molar-refractivity contribution >= 4 is 16.2 Å². The van der Waals surface area contributed by atoms with Crippen LogP contribution in [0.25, 0.3) is 0 Å². The number of hydrogen-bond donors (Lipinski definition) is 1. The Morgan fingerprint density at radius 1 is 1.55 bits per heavy atom. The molecule has 114 valence electrons. The highest BCUT2D eigenvalue weighted by Crippen LogP contribution is 1.99. The van der Waals surface area contributed by atoms with Gasteiger partial charge in [-0.15, -0.1) is 0 Å². The molecule has 0 aromatic carbocycles. The molecular formula is C11H20N4O4S. The van der Waals surface area contributed by atoms with Crippen molar-refractivity contribution < 1.29 is 17.9 Å². The third-order valence-electron chi connectivity index (χ3n) is 2.70. The summed E-state index contributed by atoms with van der Waals surface area (Å²) in [5.74, 6) is -0.444. The third kappa shape index (κ3) is 5.27. The lowest BCUT2D eigenvalue weighted by atomic mass is 10.3. The van der Waals surface area contributed by atoms with Crippen molar-refractivity contribution in [2.75, 3.05) is 27.2 Å². The Morgan fingerprint density at radius 2 is 2.25 bits per heavy atom. The quantitative estimate of drug-likeness (QED) is 0.641. The fraction of sp³-hybridized carbons (Fsp3) is 0.636. The van der Waals surface area contributed by atoms with E-state index in [1.165, 1.54) is 14.2 Å². The zero-order valence-electron chi connectivity index (χ0n) is 11.9. The van der Waals surface area contributed by atoms with E-state index in [1.54, 1.807) is 17.9 Å². The highest BCUT2D eigenvalue weighted by Gasteiger charge is 2.18. The van der Waals surface area contributed by atoms with Gasteiger partial charge < -0.3 is 4.74 Å². The van der Waals surface area contributed by atoms with Crippen LogP contribution in [-0.2, 0) is 33.2 Å². The first-order valence-corrected chi connectivity index (χ1v) is 7.55. The van der Waals surface area contributed by atoms with E-state index in [0.29, 0.717) is 6.42 Å². The fourth-order valence-corrected chi connectivity index (χ4v) is 2.40. The van der Waals surface area contributed by atoms with Crippen LogP contribution in [0.15, 0.2) is 12.3 Å². The van der Waals surface area contributed by atoms with Gasteiger partial charge in [0, 0.05) is 39.8 Å². The van der Waals surface area contributed by atoms with Gasteiger partial charge in [0.1, 0.15) is 0 Å². The molecule has 1 heterocycles. The summed E-state index contributed by atoms with van der Waals surface area (Å²) in [6, 6.07) is 1.83. The maximum atomic E-state index is 11.9. The normalized spacial score (nSPS) is 11.8. The molecule has 0 aliphatic carbocycles. The fourth-order valence-electron chi connectivity index (χ4n) is 1.49. The van der Waals surface area contributed by atoms with Crippen molar-refractivity contribution in [2.45, 2.75) is 12.8 Å². The first-order valence-electron chi connectivity index (χ1n) is 6.11. The topological polar surface area (TPSA) is 93.5 Å². The zero-order valence-corrected chi connectivity index (χ0v) is 12.7. The lowest BCUT2D eigenvalue weighted by Crippen LogP contribution is -2.40. The molecule has 1 aromatic rings. The van der Waals surface area contributed by atoms with Crippen LogP contribution >= 0.6 is 0 Å². The van der Waals surface area contributed by atoms with Crippen molar-refractivity contribution in [3.8, 4) is 0 Å². The Kier molecular flexibility index (Phi) is 6.11. The predicted octanol–water partition coefficient (Wildman–Crippen LogP) is -0.708. The number of aromatic nitrogens is 2. The Hall–Kier alpha value is -1.45. The Balaban J connectivity index is 2.38. The molecule has 0 atom stereocenters. The number of hydrogen-bond acceptors (Lipinski definition) is 5. The van der Waals surface area contributed by atoms with E-state index >= 15 is 0 Å². The molecule has 0 saturated heterocycles. The second-order valence-corrected chi connectivity index (χ2v) is 6.14. The molecule has 9 heteroatoms. The van der Waals surface area contributed by atoms with E-state index in [1.807, 2.05) is 6.07 Å². The second kappa shape index (κ2) is 7.36. The minimum absolute atomic E-state index is 0.0220. The summed E-state index contributed by atoms with van der Waals surface area (Å²) in [5, 5.41) is 4.15. The van der Waals surface area contributed by atoms with Crippen molar-refractivity contribution in [3.05, 3.63) is 18.0 Å². The van der Waals surface area contributed by atoms with Crippen molar-refractivity contribution in [1.29, 1.82) is 0 Å². The minimum Gasteiger partial charge on any atom is -0.469 e. The molecule has 0 bridgehead atoms. The predicted molar refractivity (Wildman–Crippen MR) is 73.1 cm³/mol. The van der Waals surface area contributed by atoms with E-state index in [-0.39, 0.29) is 19.5 Å². The number of aryl methyl sites for hydroxylation is 1. The van der Waals surface area contributed by atoms with Crippen LogP contribution in [0, 0.1) is 0 Å². The summed E-state index contributed by atoms with van der Waals surface area (Å²) >= 11 is 0. The monoisotopic (exact) mass is 304 g/mol. The second-order valence-electron chi connectivity index (χ2n) is 4.28. The first-order chi connectivity index (χ1) is 9.35. The Labute approximate surface area is 118 Å². The first kappa shape index (κ1) is 16.6. The standard InChI is InChI=1S/C11H20N4O4S/c1-14-8-5-10(13-14)4-7-12-20(17,18)15(2)9-6-11(16)19-3/h5,8,12H,4,6-7,9H2,1-3H3. The van der Waals surface area contributed by atoms with Crippen LogP contribution in [0.3, 0.4) is 0 Å². The summed E-state index contributed by atoms with van der Waals surface area (Å²) in [4.78, 5) is 11.0. The van der Waals surface area contributed by atoms with Crippen molar-refractivity contribution in [1.82, 2.24) is 18.8 Å². The molecule has 1 N–H and O–H groups in total. The lowest BCUT2D eigenvalue weighted by Gasteiger charge is -2.16. The highest BCUT2D eigenvalue weighted by atomic mass is 32.2. The number of nitrogens with one attached hydrogen (secondary N) is 1. The van der Waals surface area contributed by atoms with Gasteiger partial charge in [0.05, 0.1) is 19.2 Å². The molecule has 0 spiro atoms. The van der Waals surface area contributed by atoms with Gasteiger partial charge in [0.15, 0.2) is 0 Å². The average Bonchev–Trinajstić information content (AvgIpc) is 2.80. The molecule has 1 aromatic heterocycles. The molecule has 0 aliphatic rings. The summed E-state index contributed by atoms with van der Waals surface area (Å²) < 4.78 is 33.4. The number of esters is 1. The zero-order chi connectivity index (χ0) is 15.2. The molecule has 0 radical (unpaired) electrons. The van der Waals surface area contributed by atoms with E-state index < -0.39 is 16.2 Å². The maximum absolute atomic E-state index is 11.9. The largest absolute Gasteiger partial charge is 0.469 e. The summed E-state index contributed by atoms with van der Waals surface area (Å²) in [5.41, 5.74) is 0.812. The van der Waals surface area contributed by atoms with E-state index in [0.717, 1.165) is 10.00 Å². The van der Waals surface area contributed by atoms with E-state index in [4.69, 9.17) is 0 Å². The van der Waals surface area contributed by atoms with Crippen LogP contribution in [0.4, 0.5) is 0 Å². The molecule has 0 saturated carbocycles. The molecule has 8 nitrogen and oxygen atoms in total. The number of ether oxygens (including phenoxy) is 1. The number of methoxy groups -OCH3 is 1. The van der Waals surface area contributed by atoms with Crippen molar-refractivity contribution in [2.24, 2.45) is 7.05 Å². The third-order valence-corrected chi connectivity index (χ3v) is 4.28. The molecule has 0 amide bonds. The SMILES string of the molecule is COC(=O)CCN(C)S(=O)(=O)NCCc1ccn(C)n1. The maximum Gasteiger partial charge on any atom is 0.306 e. The molecule has 0 fully saturated rings. The van der Waals surface area contributed by atoms with Gasteiger partial charge in [0.25, 0.3) is 10.2 Å². The Morgan fingerprint density at radius 3 is 2.80 bits per heavy atom.